The molecule has 1 fully saturated rings. The third kappa shape index (κ3) is 5.80. The number of halogens is 1. The molecule has 1 atom stereocenters. The minimum absolute atomic E-state index is 0.146. The fourth-order valence-electron chi connectivity index (χ4n) is 4.79. The van der Waals surface area contributed by atoms with Gasteiger partial charge in [-0.05, 0) is 43.9 Å². The van der Waals surface area contributed by atoms with Crippen LogP contribution in [0.5, 0.6) is 0 Å². The molecule has 1 heterocycles. The zero-order chi connectivity index (χ0) is 23.2. The highest BCUT2D eigenvalue weighted by molar-refractivity contribution is 6.30. The number of aryl methyl sites for hydroxylation is 1. The Balaban J connectivity index is 1.74. The van der Waals surface area contributed by atoms with E-state index in [0.29, 0.717) is 23.2 Å². The Morgan fingerprint density at radius 3 is 2.39 bits per heavy atom. The standard InChI is InChI=1S/C28H32ClN3O/c1-3-25(27(33)22-10-6-4-7-11-22)32(19-21-14-16-24(29)17-15-21)26-18-20(2)30-28(31-26)23-12-8-5-9-13-23/h5,8-9,12-18,22,25H,3-4,6-7,10-11,19H2,1-2H3. The number of hydrogen-bond donors (Lipinski definition) is 0. The maximum Gasteiger partial charge on any atom is 0.161 e. The molecule has 2 aromatic carbocycles. The highest BCUT2D eigenvalue weighted by atomic mass is 35.5. The molecule has 0 bridgehead atoms. The monoisotopic (exact) mass is 461 g/mol. The second-order valence-electron chi connectivity index (χ2n) is 8.97. The Morgan fingerprint density at radius 1 is 1.03 bits per heavy atom. The summed E-state index contributed by atoms with van der Waals surface area (Å²) in [6.45, 7) is 4.69. The van der Waals surface area contributed by atoms with Crippen LogP contribution in [0.25, 0.3) is 11.4 Å². The van der Waals surface area contributed by atoms with Crippen LogP contribution in [0.15, 0.2) is 60.7 Å². The molecule has 4 rings (SSSR count). The van der Waals surface area contributed by atoms with Gasteiger partial charge in [0.25, 0.3) is 0 Å². The van der Waals surface area contributed by atoms with E-state index in [4.69, 9.17) is 16.6 Å². The lowest BCUT2D eigenvalue weighted by Gasteiger charge is -2.35. The summed E-state index contributed by atoms with van der Waals surface area (Å²) in [5, 5.41) is 0.708. The summed E-state index contributed by atoms with van der Waals surface area (Å²) in [6.07, 6.45) is 6.28. The van der Waals surface area contributed by atoms with Gasteiger partial charge >= 0.3 is 0 Å². The molecule has 1 aliphatic carbocycles. The van der Waals surface area contributed by atoms with Gasteiger partial charge in [0.15, 0.2) is 11.6 Å². The van der Waals surface area contributed by atoms with Gasteiger partial charge in [-0.25, -0.2) is 9.97 Å². The molecule has 5 heteroatoms. The Kier molecular flexibility index (Phi) is 7.77. The van der Waals surface area contributed by atoms with Gasteiger partial charge in [0.1, 0.15) is 5.82 Å². The smallest absolute Gasteiger partial charge is 0.161 e. The van der Waals surface area contributed by atoms with E-state index >= 15 is 0 Å². The van der Waals surface area contributed by atoms with Gasteiger partial charge in [0.05, 0.1) is 6.04 Å². The zero-order valence-corrected chi connectivity index (χ0v) is 20.3. The van der Waals surface area contributed by atoms with Crippen molar-refractivity contribution in [3.63, 3.8) is 0 Å². The number of nitrogens with zero attached hydrogens (tertiary/aromatic N) is 3. The Hall–Kier alpha value is -2.72. The minimum Gasteiger partial charge on any atom is -0.342 e. The molecular formula is C28H32ClN3O. The van der Waals surface area contributed by atoms with Crippen LogP contribution in [-0.4, -0.2) is 21.8 Å². The van der Waals surface area contributed by atoms with Crippen LogP contribution >= 0.6 is 11.6 Å². The van der Waals surface area contributed by atoms with E-state index in [1.54, 1.807) is 0 Å². The zero-order valence-electron chi connectivity index (χ0n) is 19.5. The predicted molar refractivity (Wildman–Crippen MR) is 136 cm³/mol. The van der Waals surface area contributed by atoms with Gasteiger partial charge in [-0.1, -0.05) is 80.3 Å². The lowest BCUT2D eigenvalue weighted by molar-refractivity contribution is -0.125. The van der Waals surface area contributed by atoms with Crippen molar-refractivity contribution < 1.29 is 4.79 Å². The van der Waals surface area contributed by atoms with Crippen molar-refractivity contribution in [3.05, 3.63) is 76.9 Å². The van der Waals surface area contributed by atoms with Crippen LogP contribution in [0.1, 0.15) is 56.7 Å². The first-order chi connectivity index (χ1) is 16.0. The number of ketones is 1. The van der Waals surface area contributed by atoms with Gasteiger partial charge in [0.2, 0.25) is 0 Å². The quantitative estimate of drug-likeness (QED) is 0.361. The molecule has 0 radical (unpaired) electrons. The molecule has 1 unspecified atom stereocenters. The average molecular weight is 462 g/mol. The molecule has 0 N–H and O–H groups in total. The Morgan fingerprint density at radius 2 is 1.73 bits per heavy atom. The molecule has 0 saturated heterocycles. The van der Waals surface area contributed by atoms with Gasteiger partial charge in [-0.15, -0.1) is 0 Å². The molecule has 1 aliphatic rings. The summed E-state index contributed by atoms with van der Waals surface area (Å²) >= 11 is 6.13. The van der Waals surface area contributed by atoms with Crippen LogP contribution in [-0.2, 0) is 11.3 Å². The minimum atomic E-state index is -0.221. The Bertz CT molecular complexity index is 1060. The summed E-state index contributed by atoms with van der Waals surface area (Å²) in [5.41, 5.74) is 2.97. The van der Waals surface area contributed by atoms with Crippen LogP contribution in [0.3, 0.4) is 0 Å². The molecule has 3 aromatic rings. The molecule has 4 nitrogen and oxygen atoms in total. The molecule has 0 spiro atoms. The van der Waals surface area contributed by atoms with Crippen LogP contribution in [0.2, 0.25) is 5.02 Å². The van der Waals surface area contributed by atoms with E-state index in [9.17, 15) is 4.79 Å². The number of Topliss-reactive ketones (excluding diaryl/α,β-unsaturated/α-hetero) is 1. The van der Waals surface area contributed by atoms with Crippen molar-refractivity contribution in [2.24, 2.45) is 5.92 Å². The number of hydrogen-bond acceptors (Lipinski definition) is 4. The first kappa shape index (κ1) is 23.4. The maximum absolute atomic E-state index is 13.7. The highest BCUT2D eigenvalue weighted by Gasteiger charge is 2.32. The molecule has 33 heavy (non-hydrogen) atoms. The van der Waals surface area contributed by atoms with E-state index < -0.39 is 0 Å². The molecule has 1 saturated carbocycles. The summed E-state index contributed by atoms with van der Waals surface area (Å²) in [7, 11) is 0. The van der Waals surface area contributed by atoms with Crippen molar-refractivity contribution in [2.45, 2.75) is 65.0 Å². The van der Waals surface area contributed by atoms with Crippen LogP contribution in [0, 0.1) is 12.8 Å². The topological polar surface area (TPSA) is 46.1 Å². The van der Waals surface area contributed by atoms with Crippen LogP contribution in [0.4, 0.5) is 5.82 Å². The summed E-state index contributed by atoms with van der Waals surface area (Å²) < 4.78 is 0. The fourth-order valence-corrected chi connectivity index (χ4v) is 4.91. The van der Waals surface area contributed by atoms with Crippen molar-refractivity contribution in [1.82, 2.24) is 9.97 Å². The Labute approximate surface area is 202 Å². The summed E-state index contributed by atoms with van der Waals surface area (Å²) in [4.78, 5) is 25.5. The molecule has 0 aliphatic heterocycles. The van der Waals surface area contributed by atoms with E-state index in [2.05, 4.69) is 16.8 Å². The molecule has 1 aromatic heterocycles. The van der Waals surface area contributed by atoms with E-state index in [-0.39, 0.29) is 12.0 Å². The largest absolute Gasteiger partial charge is 0.342 e. The SMILES string of the molecule is CCC(C(=O)C1CCCCC1)N(Cc1ccc(Cl)cc1)c1cc(C)nc(-c2ccccc2)n1. The molecule has 0 amide bonds. The number of carbonyl (C=O) groups excluding carboxylic acids is 1. The van der Waals surface area contributed by atoms with E-state index in [1.165, 1.54) is 6.42 Å². The van der Waals surface area contributed by atoms with Gasteiger partial charge in [-0.3, -0.25) is 4.79 Å². The normalized spacial score (nSPS) is 15.2. The first-order valence-electron chi connectivity index (χ1n) is 12.0. The fraction of sp³-hybridized carbons (Fsp3) is 0.393. The van der Waals surface area contributed by atoms with E-state index in [0.717, 1.165) is 54.7 Å². The van der Waals surface area contributed by atoms with Gasteiger partial charge < -0.3 is 4.90 Å². The van der Waals surface area contributed by atoms with Gasteiger partial charge in [0, 0.05) is 34.8 Å². The second kappa shape index (κ2) is 10.9. The van der Waals surface area contributed by atoms with Crippen LogP contribution < -0.4 is 4.90 Å². The maximum atomic E-state index is 13.7. The third-order valence-electron chi connectivity index (χ3n) is 6.53. The second-order valence-corrected chi connectivity index (χ2v) is 9.41. The number of carbonyl (C=O) groups is 1. The predicted octanol–water partition coefficient (Wildman–Crippen LogP) is 7.04. The van der Waals surface area contributed by atoms with E-state index in [1.807, 2.05) is 67.6 Å². The van der Waals surface area contributed by atoms with Crippen molar-refractivity contribution in [1.29, 1.82) is 0 Å². The summed E-state index contributed by atoms with van der Waals surface area (Å²) in [5.74, 6) is 1.98. The van der Waals surface area contributed by atoms with Crippen molar-refractivity contribution in [2.75, 3.05) is 4.90 Å². The summed E-state index contributed by atoms with van der Waals surface area (Å²) in [6, 6.07) is 19.7. The van der Waals surface area contributed by atoms with Crippen molar-refractivity contribution in [3.8, 4) is 11.4 Å². The lowest BCUT2D eigenvalue weighted by Crippen LogP contribution is -2.44. The molecule has 172 valence electrons. The highest BCUT2D eigenvalue weighted by Crippen LogP contribution is 2.30. The first-order valence-corrected chi connectivity index (χ1v) is 12.4. The average Bonchev–Trinajstić information content (AvgIpc) is 2.85. The number of rotatable bonds is 8. The molecular weight excluding hydrogens is 430 g/mol. The van der Waals surface area contributed by atoms with Gasteiger partial charge in [-0.2, -0.15) is 0 Å². The lowest BCUT2D eigenvalue weighted by atomic mass is 9.82. The number of anilines is 1. The number of aromatic nitrogens is 2. The third-order valence-corrected chi connectivity index (χ3v) is 6.78. The van der Waals surface area contributed by atoms with Crippen molar-refractivity contribution >= 4 is 23.2 Å². The number of benzene rings is 2.